The van der Waals surface area contributed by atoms with Gasteiger partial charge in [0.25, 0.3) is 0 Å². The Kier molecular flexibility index (Phi) is 3.85. The molecule has 5 heteroatoms. The van der Waals surface area contributed by atoms with E-state index in [0.29, 0.717) is 5.69 Å². The zero-order valence-corrected chi connectivity index (χ0v) is 13.2. The van der Waals surface area contributed by atoms with Crippen LogP contribution in [0.1, 0.15) is 31.1 Å². The topological polar surface area (TPSA) is 55.9 Å². The monoisotopic (exact) mass is 322 g/mol. The zero-order valence-electron chi connectivity index (χ0n) is 11.7. The third-order valence-electron chi connectivity index (χ3n) is 3.04. The van der Waals surface area contributed by atoms with Crippen molar-refractivity contribution >= 4 is 33.1 Å². The van der Waals surface area contributed by atoms with Crippen LogP contribution in [-0.4, -0.2) is 9.78 Å². The van der Waals surface area contributed by atoms with Crippen LogP contribution in [0.3, 0.4) is 0 Å². The fourth-order valence-corrected chi connectivity index (χ4v) is 2.16. The minimum atomic E-state index is 0.259. The number of nitrogen functional groups attached to an aromatic ring is 1. The second-order valence-corrected chi connectivity index (χ2v) is 5.83. The van der Waals surface area contributed by atoms with Gasteiger partial charge in [0.2, 0.25) is 0 Å². The average molecular weight is 323 g/mol. The van der Waals surface area contributed by atoms with Gasteiger partial charge in [-0.25, -0.2) is 4.68 Å². The lowest BCUT2D eigenvalue weighted by Crippen LogP contribution is -2.08. The molecule has 1 heterocycles. The van der Waals surface area contributed by atoms with E-state index < -0.39 is 0 Å². The molecule has 0 spiro atoms. The largest absolute Gasteiger partial charge is 0.394 e. The molecule has 4 nitrogen and oxygen atoms in total. The lowest BCUT2D eigenvalue weighted by Gasteiger charge is -2.14. The zero-order chi connectivity index (χ0) is 14.2. The Hall–Kier alpha value is -1.49. The van der Waals surface area contributed by atoms with Gasteiger partial charge >= 0.3 is 0 Å². The van der Waals surface area contributed by atoms with E-state index in [1.165, 1.54) is 5.56 Å². The Bertz CT molecular complexity index is 602. The molecule has 2 rings (SSSR count). The van der Waals surface area contributed by atoms with E-state index in [2.05, 4.69) is 53.2 Å². The smallest absolute Gasteiger partial charge is 0.152 e. The van der Waals surface area contributed by atoms with Crippen molar-refractivity contribution in [3.63, 3.8) is 0 Å². The molecule has 1 aromatic carbocycles. The van der Waals surface area contributed by atoms with Crippen molar-refractivity contribution < 1.29 is 0 Å². The molecule has 0 saturated heterocycles. The number of nitrogens with zero attached hydrogens (tertiary/aromatic N) is 2. The SMILES string of the molecule is Cc1cc(Nc2c(N)c(C)nn2C(C)C)ccc1Br. The van der Waals surface area contributed by atoms with Gasteiger partial charge in [0.15, 0.2) is 5.82 Å². The normalized spacial score (nSPS) is 11.1. The summed E-state index contributed by atoms with van der Waals surface area (Å²) < 4.78 is 3.02. The minimum absolute atomic E-state index is 0.259. The van der Waals surface area contributed by atoms with E-state index in [4.69, 9.17) is 5.73 Å². The lowest BCUT2D eigenvalue weighted by atomic mass is 10.2. The van der Waals surface area contributed by atoms with Crippen LogP contribution in [0, 0.1) is 13.8 Å². The molecule has 0 saturated carbocycles. The molecule has 0 fully saturated rings. The number of hydrogen-bond acceptors (Lipinski definition) is 3. The maximum absolute atomic E-state index is 6.10. The Morgan fingerprint density at radius 2 is 2.00 bits per heavy atom. The van der Waals surface area contributed by atoms with E-state index >= 15 is 0 Å². The second kappa shape index (κ2) is 5.25. The Morgan fingerprint density at radius 1 is 1.32 bits per heavy atom. The number of nitrogens with one attached hydrogen (secondary N) is 1. The van der Waals surface area contributed by atoms with Crippen LogP contribution in [-0.2, 0) is 0 Å². The van der Waals surface area contributed by atoms with Gasteiger partial charge in [-0.3, -0.25) is 0 Å². The molecule has 0 radical (unpaired) electrons. The number of nitrogens with two attached hydrogens (primary N) is 1. The lowest BCUT2D eigenvalue weighted by molar-refractivity contribution is 0.536. The van der Waals surface area contributed by atoms with Crippen LogP contribution in [0.2, 0.25) is 0 Å². The highest BCUT2D eigenvalue weighted by molar-refractivity contribution is 9.10. The fraction of sp³-hybridized carbons (Fsp3) is 0.357. The molecule has 19 heavy (non-hydrogen) atoms. The van der Waals surface area contributed by atoms with Gasteiger partial charge < -0.3 is 11.1 Å². The van der Waals surface area contributed by atoms with Crippen LogP contribution < -0.4 is 11.1 Å². The molecule has 0 aliphatic heterocycles. The molecule has 0 unspecified atom stereocenters. The first kappa shape index (κ1) is 13.9. The first-order valence-corrected chi connectivity index (χ1v) is 7.07. The summed E-state index contributed by atoms with van der Waals surface area (Å²) in [7, 11) is 0. The molecule has 0 bridgehead atoms. The van der Waals surface area contributed by atoms with E-state index in [1.807, 2.05) is 23.7 Å². The number of halogens is 1. The highest BCUT2D eigenvalue weighted by atomic mass is 79.9. The van der Waals surface area contributed by atoms with Gasteiger partial charge in [0.05, 0.1) is 11.4 Å². The third kappa shape index (κ3) is 2.76. The van der Waals surface area contributed by atoms with Crippen molar-refractivity contribution in [3.8, 4) is 0 Å². The van der Waals surface area contributed by atoms with Crippen LogP contribution >= 0.6 is 15.9 Å². The summed E-state index contributed by atoms with van der Waals surface area (Å²) in [6.45, 7) is 8.16. The van der Waals surface area contributed by atoms with Gasteiger partial charge in [-0.2, -0.15) is 5.10 Å². The van der Waals surface area contributed by atoms with Crippen LogP contribution in [0.15, 0.2) is 22.7 Å². The summed E-state index contributed by atoms with van der Waals surface area (Å²) in [6, 6.07) is 6.38. The van der Waals surface area contributed by atoms with Crippen LogP contribution in [0.25, 0.3) is 0 Å². The summed E-state index contributed by atoms with van der Waals surface area (Å²) in [5.41, 5.74) is 9.84. The minimum Gasteiger partial charge on any atom is -0.394 e. The number of aromatic nitrogens is 2. The van der Waals surface area contributed by atoms with Crippen molar-refractivity contribution in [1.82, 2.24) is 9.78 Å². The highest BCUT2D eigenvalue weighted by Crippen LogP contribution is 2.30. The number of hydrogen-bond donors (Lipinski definition) is 2. The van der Waals surface area contributed by atoms with Crippen molar-refractivity contribution in [2.24, 2.45) is 0 Å². The van der Waals surface area contributed by atoms with E-state index in [-0.39, 0.29) is 6.04 Å². The molecular weight excluding hydrogens is 304 g/mol. The predicted octanol–water partition coefficient (Wildman–Crippen LogP) is 4.17. The molecule has 3 N–H and O–H groups in total. The van der Waals surface area contributed by atoms with Gasteiger partial charge in [0.1, 0.15) is 0 Å². The molecule has 0 aliphatic rings. The first-order chi connectivity index (χ1) is 8.90. The van der Waals surface area contributed by atoms with E-state index in [0.717, 1.165) is 21.7 Å². The highest BCUT2D eigenvalue weighted by Gasteiger charge is 2.14. The molecule has 0 aliphatic carbocycles. The maximum Gasteiger partial charge on any atom is 0.152 e. The van der Waals surface area contributed by atoms with E-state index in [9.17, 15) is 0 Å². The number of rotatable bonds is 3. The van der Waals surface area contributed by atoms with Crippen LogP contribution in [0.4, 0.5) is 17.2 Å². The number of anilines is 3. The Morgan fingerprint density at radius 3 is 2.58 bits per heavy atom. The van der Waals surface area contributed by atoms with Crippen molar-refractivity contribution in [3.05, 3.63) is 33.9 Å². The summed E-state index contributed by atoms with van der Waals surface area (Å²) >= 11 is 3.50. The summed E-state index contributed by atoms with van der Waals surface area (Å²) in [4.78, 5) is 0. The van der Waals surface area contributed by atoms with Crippen molar-refractivity contribution in [2.75, 3.05) is 11.1 Å². The van der Waals surface area contributed by atoms with Crippen LogP contribution in [0.5, 0.6) is 0 Å². The molecule has 2 aromatic rings. The first-order valence-electron chi connectivity index (χ1n) is 6.28. The summed E-state index contributed by atoms with van der Waals surface area (Å²) in [5.74, 6) is 0.856. The van der Waals surface area contributed by atoms with Gasteiger partial charge in [-0.05, 0) is 51.5 Å². The van der Waals surface area contributed by atoms with Gasteiger partial charge in [0, 0.05) is 16.2 Å². The Labute approximate surface area is 122 Å². The third-order valence-corrected chi connectivity index (χ3v) is 3.93. The van der Waals surface area contributed by atoms with E-state index in [1.54, 1.807) is 0 Å². The van der Waals surface area contributed by atoms with Crippen molar-refractivity contribution in [2.45, 2.75) is 33.7 Å². The summed E-state index contributed by atoms with van der Waals surface area (Å²) in [6.07, 6.45) is 0. The molecule has 102 valence electrons. The standard InChI is InChI=1S/C14H19BrN4/c1-8(2)19-14(13(16)10(4)18-19)17-11-5-6-12(15)9(3)7-11/h5-8,17H,16H2,1-4H3. The molecule has 0 amide bonds. The maximum atomic E-state index is 6.10. The number of aryl methyl sites for hydroxylation is 2. The predicted molar refractivity (Wildman–Crippen MR) is 83.9 cm³/mol. The van der Waals surface area contributed by atoms with Gasteiger partial charge in [-0.15, -0.1) is 0 Å². The average Bonchev–Trinajstić information content (AvgIpc) is 2.62. The Balaban J connectivity index is 2.40. The van der Waals surface area contributed by atoms with Crippen molar-refractivity contribution in [1.29, 1.82) is 0 Å². The fourth-order valence-electron chi connectivity index (χ4n) is 1.92. The number of benzene rings is 1. The summed E-state index contributed by atoms with van der Waals surface area (Å²) in [5, 5.41) is 7.83. The molecule has 0 atom stereocenters. The second-order valence-electron chi connectivity index (χ2n) is 4.97. The molecular formula is C14H19BrN4. The van der Waals surface area contributed by atoms with Gasteiger partial charge in [-0.1, -0.05) is 15.9 Å². The molecule has 1 aromatic heterocycles. The quantitative estimate of drug-likeness (QED) is 0.891.